The molecule has 4 aromatic rings. The van der Waals surface area contributed by atoms with Gasteiger partial charge in [-0.25, -0.2) is 9.55 Å². The first kappa shape index (κ1) is 60.0. The molecule has 408 valence electrons. The summed E-state index contributed by atoms with van der Waals surface area (Å²) in [7, 11) is -4.62. The van der Waals surface area contributed by atoms with Gasteiger partial charge >= 0.3 is 25.8 Å². The van der Waals surface area contributed by atoms with Crippen molar-refractivity contribution in [1.82, 2.24) is 24.6 Å². The molecule has 1 aliphatic rings. The Bertz CT molecular complexity index is 2300. The SMILES string of the molecule is C#C[C@]1(CO[P@@](=O)(N[C@@H](Cc2ccccc2)C(=O)OC(CCCCCCCCCCC)CCCCCCCCCCC)Oc2ccccc2)O[C@@H](n2cnc3c(N)nc(F)nc32)C[C@@H]1OC(=O)CCCCCCC. The van der Waals surface area contributed by atoms with Gasteiger partial charge in [-0.05, 0) is 56.2 Å². The van der Waals surface area contributed by atoms with Crippen molar-refractivity contribution < 1.29 is 41.8 Å². The molecule has 0 bridgehead atoms. The van der Waals surface area contributed by atoms with E-state index in [-0.39, 0.29) is 48.1 Å². The van der Waals surface area contributed by atoms with Crippen molar-refractivity contribution in [2.75, 3.05) is 12.3 Å². The minimum Gasteiger partial charge on any atom is -0.461 e. The number of rotatable bonds is 39. The minimum atomic E-state index is -4.62. The number of carbonyl (C=O) groups excluding carboxylic acids is 2. The third-order valence-corrected chi connectivity index (χ3v) is 15.4. The van der Waals surface area contributed by atoms with Crippen molar-refractivity contribution in [1.29, 1.82) is 0 Å². The van der Waals surface area contributed by atoms with Crippen LogP contribution in [-0.4, -0.2) is 61.9 Å². The molecule has 0 spiro atoms. The van der Waals surface area contributed by atoms with Gasteiger partial charge in [0.05, 0.1) is 6.33 Å². The molecule has 0 unspecified atom stereocenters. The second kappa shape index (κ2) is 33.2. The average Bonchev–Trinajstić information content (AvgIpc) is 3.99. The Balaban J connectivity index is 1.39. The number of nitrogen functional groups attached to an aromatic ring is 1. The summed E-state index contributed by atoms with van der Waals surface area (Å²) in [4.78, 5) is 40.1. The number of benzene rings is 2. The summed E-state index contributed by atoms with van der Waals surface area (Å²) in [6, 6.07) is 16.7. The molecule has 0 aliphatic carbocycles. The normalized spacial score (nSPS) is 17.8. The summed E-state index contributed by atoms with van der Waals surface area (Å²) < 4.78 is 63.3. The number of anilines is 1. The van der Waals surface area contributed by atoms with E-state index in [4.69, 9.17) is 35.4 Å². The lowest BCUT2D eigenvalue weighted by Gasteiger charge is -2.31. The third kappa shape index (κ3) is 20.3. The van der Waals surface area contributed by atoms with Crippen LogP contribution in [0, 0.1) is 18.4 Å². The monoisotopic (exact) mass is 1040 g/mol. The van der Waals surface area contributed by atoms with E-state index in [0.717, 1.165) is 82.6 Å². The number of esters is 2. The highest BCUT2D eigenvalue weighted by Crippen LogP contribution is 2.49. The molecule has 3 N–H and O–H groups in total. The molecule has 1 aliphatic heterocycles. The number of para-hydroxylation sites is 1. The zero-order chi connectivity index (χ0) is 52.9. The van der Waals surface area contributed by atoms with Crippen LogP contribution in [0.3, 0.4) is 0 Å². The van der Waals surface area contributed by atoms with Crippen molar-refractivity contribution in [3.8, 4) is 18.1 Å². The van der Waals surface area contributed by atoms with Gasteiger partial charge in [0.2, 0.25) is 0 Å². The molecule has 5 atom stereocenters. The standard InChI is InChI=1S/C58H86FN6O8P/c1-5-9-12-15-17-19-21-24-30-37-47(38-31-25-22-20-18-16-13-10-6-2)70-56(67)49(42-46-35-28-26-29-36-46)64-74(68,73-48-39-32-27-33-40-48)69-44-58(8-4)50(71-52(66)41-34-23-14-11-7-3)43-51(72-58)65-45-61-53-54(60)62-57(59)63-55(53)65/h4,26-29,32-33,35-36,39-40,45,47,49-51H,5-7,9-25,30-31,34,37-38,41-44H2,1-3H3,(H,64,68)(H2,60,62,63)/t49-,50-,51+,58+,74-/m0/s1. The van der Waals surface area contributed by atoms with Crippen molar-refractivity contribution in [3.63, 3.8) is 0 Å². The van der Waals surface area contributed by atoms with Gasteiger partial charge in [-0.15, -0.1) is 6.42 Å². The van der Waals surface area contributed by atoms with Gasteiger partial charge < -0.3 is 24.5 Å². The molecule has 1 saturated heterocycles. The van der Waals surface area contributed by atoms with Gasteiger partial charge in [0, 0.05) is 12.8 Å². The zero-order valence-corrected chi connectivity index (χ0v) is 45.6. The largest absolute Gasteiger partial charge is 0.461 e. The van der Waals surface area contributed by atoms with E-state index >= 15 is 4.57 Å². The van der Waals surface area contributed by atoms with Gasteiger partial charge in [0.1, 0.15) is 36.8 Å². The maximum Gasteiger partial charge on any atom is 0.459 e. The summed E-state index contributed by atoms with van der Waals surface area (Å²) >= 11 is 0. The van der Waals surface area contributed by atoms with Crippen LogP contribution in [0.15, 0.2) is 67.0 Å². The Morgan fingerprint density at radius 2 is 1.35 bits per heavy atom. The first-order chi connectivity index (χ1) is 36.0. The van der Waals surface area contributed by atoms with E-state index in [1.54, 1.807) is 30.3 Å². The van der Waals surface area contributed by atoms with Crippen LogP contribution >= 0.6 is 7.75 Å². The number of aromatic nitrogens is 4. The number of terminal acetylenes is 1. The first-order valence-electron chi connectivity index (χ1n) is 28.0. The maximum absolute atomic E-state index is 15.5. The Morgan fingerprint density at radius 1 is 0.811 bits per heavy atom. The maximum atomic E-state index is 15.5. The summed E-state index contributed by atoms with van der Waals surface area (Å²) in [5, 5.41) is 3.00. The molecular formula is C58H86FN6O8P. The number of carbonyl (C=O) groups is 2. The molecule has 0 saturated carbocycles. The fourth-order valence-electron chi connectivity index (χ4n) is 9.55. The highest BCUT2D eigenvalue weighted by atomic mass is 31.2. The van der Waals surface area contributed by atoms with Gasteiger partial charge in [0.15, 0.2) is 22.6 Å². The number of ether oxygens (including phenoxy) is 3. The molecule has 2 aromatic heterocycles. The molecule has 14 nitrogen and oxygen atoms in total. The minimum absolute atomic E-state index is 0.0330. The molecule has 1 fully saturated rings. The fraction of sp³-hybridized carbons (Fsp3) is 0.638. The second-order valence-corrected chi connectivity index (χ2v) is 21.7. The van der Waals surface area contributed by atoms with E-state index < -0.39 is 56.3 Å². The van der Waals surface area contributed by atoms with Crippen LogP contribution in [0.1, 0.15) is 206 Å². The van der Waals surface area contributed by atoms with E-state index in [9.17, 15) is 14.0 Å². The summed E-state index contributed by atoms with van der Waals surface area (Å²) in [6.07, 6.45) is 31.6. The lowest BCUT2D eigenvalue weighted by atomic mass is 9.98. The zero-order valence-electron chi connectivity index (χ0n) is 44.7. The summed E-state index contributed by atoms with van der Waals surface area (Å²) in [5.41, 5.74) is 5.09. The second-order valence-electron chi connectivity index (χ2n) is 20.0. The Labute approximate surface area is 441 Å². The molecule has 74 heavy (non-hydrogen) atoms. The van der Waals surface area contributed by atoms with Crippen LogP contribution in [0.5, 0.6) is 5.75 Å². The number of halogens is 1. The van der Waals surface area contributed by atoms with Gasteiger partial charge in [-0.3, -0.25) is 18.7 Å². The number of fused-ring (bicyclic) bond motifs is 1. The van der Waals surface area contributed by atoms with Crippen LogP contribution in [0.25, 0.3) is 11.2 Å². The first-order valence-corrected chi connectivity index (χ1v) is 29.6. The summed E-state index contributed by atoms with van der Waals surface area (Å²) in [6.45, 7) is 5.96. The molecule has 2 aromatic carbocycles. The van der Waals surface area contributed by atoms with Gasteiger partial charge in [0.25, 0.3) is 0 Å². The summed E-state index contributed by atoms with van der Waals surface area (Å²) in [5.74, 6) is 1.59. The van der Waals surface area contributed by atoms with E-state index in [1.165, 1.54) is 87.9 Å². The van der Waals surface area contributed by atoms with Crippen molar-refractivity contribution in [3.05, 3.63) is 78.6 Å². The molecular weight excluding hydrogens is 959 g/mol. The predicted octanol–water partition coefficient (Wildman–Crippen LogP) is 14.3. The number of hydrogen-bond donors (Lipinski definition) is 2. The Kier molecular flexibility index (Phi) is 26.9. The highest BCUT2D eigenvalue weighted by Gasteiger charge is 2.53. The van der Waals surface area contributed by atoms with Crippen molar-refractivity contribution >= 4 is 36.7 Å². The Hall–Kier alpha value is -4.87. The van der Waals surface area contributed by atoms with Crippen LogP contribution in [-0.2, 0) is 39.3 Å². The quantitative estimate of drug-likeness (QED) is 0.0142. The smallest absolute Gasteiger partial charge is 0.459 e. The number of hydrogen-bond acceptors (Lipinski definition) is 12. The molecule has 16 heteroatoms. The van der Waals surface area contributed by atoms with Gasteiger partial charge in [-0.2, -0.15) is 19.4 Å². The predicted molar refractivity (Wildman–Crippen MR) is 291 cm³/mol. The molecule has 0 amide bonds. The number of imidazole rings is 1. The number of nitrogens with two attached hydrogens (primary N) is 1. The number of unbranched alkanes of at least 4 members (excludes halogenated alkanes) is 20. The molecule has 3 heterocycles. The topological polar surface area (TPSA) is 179 Å². The highest BCUT2D eigenvalue weighted by molar-refractivity contribution is 7.52. The van der Waals surface area contributed by atoms with E-state index in [1.807, 2.05) is 30.3 Å². The van der Waals surface area contributed by atoms with Crippen molar-refractivity contribution in [2.45, 2.75) is 231 Å². The van der Waals surface area contributed by atoms with E-state index in [0.29, 0.717) is 6.42 Å². The van der Waals surface area contributed by atoms with Crippen molar-refractivity contribution in [2.24, 2.45) is 0 Å². The molecule has 0 radical (unpaired) electrons. The molecule has 5 rings (SSSR count). The third-order valence-electron chi connectivity index (χ3n) is 13.9. The lowest BCUT2D eigenvalue weighted by Crippen LogP contribution is -2.46. The van der Waals surface area contributed by atoms with Crippen LogP contribution in [0.4, 0.5) is 10.2 Å². The van der Waals surface area contributed by atoms with Gasteiger partial charge in [-0.1, -0.05) is 204 Å². The number of nitrogens with zero attached hydrogens (tertiary/aromatic N) is 4. The van der Waals surface area contributed by atoms with E-state index in [2.05, 4.69) is 46.7 Å². The average molecular weight is 1050 g/mol. The lowest BCUT2D eigenvalue weighted by molar-refractivity contribution is -0.158. The van der Waals surface area contributed by atoms with Crippen LogP contribution in [0.2, 0.25) is 0 Å². The number of nitrogens with one attached hydrogen (secondary N) is 1. The fourth-order valence-corrected chi connectivity index (χ4v) is 11.1. The Morgan fingerprint density at radius 3 is 1.92 bits per heavy atom. The van der Waals surface area contributed by atoms with Crippen LogP contribution < -0.4 is 15.3 Å².